The van der Waals surface area contributed by atoms with Crippen LogP contribution in [0.3, 0.4) is 0 Å². The van der Waals surface area contributed by atoms with Crippen LogP contribution in [-0.4, -0.2) is 39.9 Å². The minimum absolute atomic E-state index is 0. The lowest BCUT2D eigenvalue weighted by atomic mass is 10.1. The van der Waals surface area contributed by atoms with Crippen LogP contribution in [0.1, 0.15) is 24.6 Å². The van der Waals surface area contributed by atoms with Crippen LogP contribution in [0.4, 0.5) is 10.2 Å². The molecule has 0 spiro atoms. The van der Waals surface area contributed by atoms with Crippen LogP contribution < -0.4 is 16.4 Å². The van der Waals surface area contributed by atoms with E-state index < -0.39 is 0 Å². The van der Waals surface area contributed by atoms with E-state index in [0.717, 1.165) is 25.6 Å². The summed E-state index contributed by atoms with van der Waals surface area (Å²) in [7, 11) is 0. The van der Waals surface area contributed by atoms with Crippen molar-refractivity contribution in [1.82, 2.24) is 25.0 Å². The van der Waals surface area contributed by atoms with E-state index in [-0.39, 0.29) is 35.6 Å². The largest absolute Gasteiger partial charge is 0.382 e. The van der Waals surface area contributed by atoms with Crippen LogP contribution in [0.15, 0.2) is 53.8 Å². The third-order valence-electron chi connectivity index (χ3n) is 4.69. The van der Waals surface area contributed by atoms with Crippen molar-refractivity contribution in [1.29, 1.82) is 5.26 Å². The number of nitrogens with zero attached hydrogens (tertiary/aromatic N) is 5. The number of guanidine groups is 1. The molecule has 0 saturated carbocycles. The Balaban J connectivity index is 0.00000363. The Hall–Kier alpha value is -3.07. The van der Waals surface area contributed by atoms with Crippen molar-refractivity contribution in [3.05, 3.63) is 65.9 Å². The summed E-state index contributed by atoms with van der Waals surface area (Å²) >= 11 is 0. The summed E-state index contributed by atoms with van der Waals surface area (Å²) in [6.07, 6.45) is 5.32. The molecule has 4 N–H and O–H groups in total. The zero-order chi connectivity index (χ0) is 22.1. The molecule has 170 valence electrons. The smallest absolute Gasteiger partial charge is 0.191 e. The molecule has 0 amide bonds. The topological polar surface area (TPSA) is 109 Å². The van der Waals surface area contributed by atoms with Crippen LogP contribution in [0, 0.1) is 17.1 Å². The lowest BCUT2D eigenvalue weighted by Crippen LogP contribution is -2.38. The quantitative estimate of drug-likeness (QED) is 0.164. The molecule has 0 saturated heterocycles. The van der Waals surface area contributed by atoms with Gasteiger partial charge in [-0.2, -0.15) is 10.4 Å². The van der Waals surface area contributed by atoms with Gasteiger partial charge in [-0.25, -0.2) is 9.07 Å². The van der Waals surface area contributed by atoms with Gasteiger partial charge < -0.3 is 20.9 Å². The molecule has 1 aromatic carbocycles. The normalized spacial score (nSPS) is 11.0. The predicted molar refractivity (Wildman–Crippen MR) is 135 cm³/mol. The molecular formula is C22H28FIN8. The Labute approximate surface area is 204 Å². The van der Waals surface area contributed by atoms with E-state index in [1.165, 1.54) is 16.8 Å². The number of nitrogen functional groups attached to an aromatic ring is 1. The summed E-state index contributed by atoms with van der Waals surface area (Å²) in [5, 5.41) is 20.5. The lowest BCUT2D eigenvalue weighted by Gasteiger charge is -2.11. The number of hydrogen-bond acceptors (Lipinski definition) is 4. The van der Waals surface area contributed by atoms with Gasteiger partial charge in [0.2, 0.25) is 0 Å². The Morgan fingerprint density at radius 1 is 1.22 bits per heavy atom. The summed E-state index contributed by atoms with van der Waals surface area (Å²) in [5.41, 5.74) is 7.69. The van der Waals surface area contributed by atoms with Gasteiger partial charge in [-0.3, -0.25) is 4.99 Å². The Morgan fingerprint density at radius 3 is 2.59 bits per heavy atom. The first kappa shape index (κ1) is 25.2. The maximum Gasteiger partial charge on any atom is 0.191 e. The summed E-state index contributed by atoms with van der Waals surface area (Å²) in [6, 6.07) is 12.0. The van der Waals surface area contributed by atoms with Gasteiger partial charge in [0, 0.05) is 38.6 Å². The number of aromatic nitrogens is 3. The molecule has 10 heteroatoms. The molecule has 0 radical (unpaired) electrons. The average Bonchev–Trinajstić information content (AvgIpc) is 3.39. The van der Waals surface area contributed by atoms with Gasteiger partial charge >= 0.3 is 0 Å². The van der Waals surface area contributed by atoms with E-state index in [0.29, 0.717) is 36.3 Å². The van der Waals surface area contributed by atoms with Gasteiger partial charge in [0.25, 0.3) is 0 Å². The zero-order valence-corrected chi connectivity index (χ0v) is 20.3. The number of halogens is 2. The monoisotopic (exact) mass is 550 g/mol. The number of benzene rings is 1. The van der Waals surface area contributed by atoms with Crippen LogP contribution in [0.5, 0.6) is 0 Å². The molecule has 0 aliphatic rings. The second-order valence-corrected chi connectivity index (χ2v) is 6.92. The molecule has 3 rings (SSSR count). The molecule has 0 fully saturated rings. The highest BCUT2D eigenvalue weighted by molar-refractivity contribution is 14.0. The van der Waals surface area contributed by atoms with E-state index in [4.69, 9.17) is 5.73 Å². The van der Waals surface area contributed by atoms with Gasteiger partial charge in [-0.15, -0.1) is 24.0 Å². The first-order valence-electron chi connectivity index (χ1n) is 10.3. The standard InChI is InChI=1S/C22H27FN8.HI/c1-2-26-22(28-12-15-30-13-3-4-14-30)27-11-5-6-20-19(16-24)21(25)31(29-20)18-9-7-17(23)8-10-18;/h3-4,7-10,13-14H,2,5-6,11-12,15,25H2,1H3,(H2,26,27,28);1H. The first-order valence-corrected chi connectivity index (χ1v) is 10.3. The summed E-state index contributed by atoms with van der Waals surface area (Å²) in [5.74, 6) is 0.672. The SMILES string of the molecule is CCNC(=NCCCc1nn(-c2ccc(F)cc2)c(N)c1C#N)NCCn1cccc1.I. The Kier molecular flexibility index (Phi) is 10.0. The fourth-order valence-corrected chi connectivity index (χ4v) is 3.16. The molecule has 8 nitrogen and oxygen atoms in total. The highest BCUT2D eigenvalue weighted by Gasteiger charge is 2.16. The molecule has 0 atom stereocenters. The summed E-state index contributed by atoms with van der Waals surface area (Å²) in [4.78, 5) is 4.59. The molecule has 0 aliphatic heterocycles. The third-order valence-corrected chi connectivity index (χ3v) is 4.69. The van der Waals surface area contributed by atoms with Gasteiger partial charge in [0.05, 0.1) is 11.4 Å². The maximum absolute atomic E-state index is 13.2. The van der Waals surface area contributed by atoms with Gasteiger partial charge in [0.15, 0.2) is 5.96 Å². The van der Waals surface area contributed by atoms with E-state index >= 15 is 0 Å². The molecule has 2 aromatic heterocycles. The second kappa shape index (κ2) is 12.7. The Bertz CT molecular complexity index is 1040. The molecule has 0 bridgehead atoms. The second-order valence-electron chi connectivity index (χ2n) is 6.92. The van der Waals surface area contributed by atoms with Crippen LogP contribution >= 0.6 is 24.0 Å². The molecular weight excluding hydrogens is 522 g/mol. The summed E-state index contributed by atoms with van der Waals surface area (Å²) in [6.45, 7) is 4.98. The minimum atomic E-state index is -0.341. The van der Waals surface area contributed by atoms with E-state index in [1.807, 2.05) is 31.5 Å². The third kappa shape index (κ3) is 6.71. The number of rotatable bonds is 9. The highest BCUT2D eigenvalue weighted by atomic mass is 127. The van der Waals surface area contributed by atoms with Gasteiger partial charge in [0.1, 0.15) is 23.3 Å². The zero-order valence-electron chi connectivity index (χ0n) is 18.0. The number of anilines is 1. The fraction of sp³-hybridized carbons (Fsp3) is 0.318. The van der Waals surface area contributed by atoms with E-state index in [9.17, 15) is 9.65 Å². The van der Waals surface area contributed by atoms with Crippen molar-refractivity contribution >= 4 is 35.8 Å². The number of aliphatic imine (C=N–C) groups is 1. The number of nitrogens with two attached hydrogens (primary N) is 1. The maximum atomic E-state index is 13.2. The molecule has 3 aromatic rings. The Morgan fingerprint density at radius 2 is 1.94 bits per heavy atom. The molecule has 0 aliphatic carbocycles. The number of aryl methyl sites for hydroxylation is 1. The predicted octanol–water partition coefficient (Wildman–Crippen LogP) is 3.07. The fourth-order valence-electron chi connectivity index (χ4n) is 3.16. The van der Waals surface area contributed by atoms with Crippen molar-refractivity contribution in [2.24, 2.45) is 4.99 Å². The van der Waals surface area contributed by atoms with E-state index in [1.54, 1.807) is 12.1 Å². The van der Waals surface area contributed by atoms with Crippen LogP contribution in [0.25, 0.3) is 5.69 Å². The average molecular weight is 550 g/mol. The van der Waals surface area contributed by atoms with Crippen LogP contribution in [0.2, 0.25) is 0 Å². The van der Waals surface area contributed by atoms with Gasteiger partial charge in [-0.05, 0) is 56.2 Å². The molecule has 0 unspecified atom stereocenters. The number of nitrogens with one attached hydrogen (secondary N) is 2. The summed E-state index contributed by atoms with van der Waals surface area (Å²) < 4.78 is 16.8. The van der Waals surface area contributed by atoms with Crippen molar-refractivity contribution in [3.63, 3.8) is 0 Å². The number of hydrogen-bond donors (Lipinski definition) is 3. The van der Waals surface area contributed by atoms with Crippen molar-refractivity contribution < 1.29 is 4.39 Å². The van der Waals surface area contributed by atoms with Crippen molar-refractivity contribution in [2.45, 2.75) is 26.3 Å². The number of nitriles is 1. The van der Waals surface area contributed by atoms with Crippen molar-refractivity contribution in [2.75, 3.05) is 25.4 Å². The van der Waals surface area contributed by atoms with E-state index in [2.05, 4.69) is 31.4 Å². The lowest BCUT2D eigenvalue weighted by molar-refractivity contribution is 0.627. The van der Waals surface area contributed by atoms with Gasteiger partial charge in [-0.1, -0.05) is 0 Å². The molecule has 32 heavy (non-hydrogen) atoms. The van der Waals surface area contributed by atoms with Crippen LogP contribution in [-0.2, 0) is 13.0 Å². The minimum Gasteiger partial charge on any atom is -0.382 e. The highest BCUT2D eigenvalue weighted by Crippen LogP contribution is 2.21. The first-order chi connectivity index (χ1) is 15.1. The molecule has 2 heterocycles. The van der Waals surface area contributed by atoms with Crippen molar-refractivity contribution in [3.8, 4) is 11.8 Å².